The molecular weight excluding hydrogens is 180 g/mol. The molecule has 1 atom stereocenters. The lowest BCUT2D eigenvalue weighted by molar-refractivity contribution is 0.556. The van der Waals surface area contributed by atoms with Crippen LogP contribution < -0.4 is 0 Å². The first-order chi connectivity index (χ1) is 7.33. The summed E-state index contributed by atoms with van der Waals surface area (Å²) in [4.78, 5) is 0. The Morgan fingerprint density at radius 2 is 1.87 bits per heavy atom. The predicted octanol–water partition coefficient (Wildman–Crippen LogP) is 5.34. The molecule has 1 fully saturated rings. The summed E-state index contributed by atoms with van der Waals surface area (Å²) in [5, 5.41) is 0. The standard InChI is InChI=1S/C15H28/c1-3-4-5-6-9-14(2)12-13-15-10-7-8-11-15/h12-15H,3-11H2,1-2H3/b13-12+. The Labute approximate surface area is 96.2 Å². The summed E-state index contributed by atoms with van der Waals surface area (Å²) in [7, 11) is 0. The molecule has 0 N–H and O–H groups in total. The van der Waals surface area contributed by atoms with Gasteiger partial charge in [0, 0.05) is 0 Å². The number of hydrogen-bond acceptors (Lipinski definition) is 0. The maximum Gasteiger partial charge on any atom is -0.0233 e. The van der Waals surface area contributed by atoms with Crippen molar-refractivity contribution in [2.45, 2.75) is 71.6 Å². The van der Waals surface area contributed by atoms with E-state index in [4.69, 9.17) is 0 Å². The fraction of sp³-hybridized carbons (Fsp3) is 0.867. The van der Waals surface area contributed by atoms with Gasteiger partial charge in [-0.3, -0.25) is 0 Å². The second-order valence-corrected chi connectivity index (χ2v) is 5.26. The third kappa shape index (κ3) is 6.02. The van der Waals surface area contributed by atoms with Crippen LogP contribution in [0.1, 0.15) is 71.6 Å². The average molecular weight is 208 g/mol. The van der Waals surface area contributed by atoms with Gasteiger partial charge in [-0.15, -0.1) is 0 Å². The van der Waals surface area contributed by atoms with Gasteiger partial charge in [-0.25, -0.2) is 0 Å². The zero-order valence-electron chi connectivity index (χ0n) is 10.7. The van der Waals surface area contributed by atoms with Gasteiger partial charge in [-0.05, 0) is 31.1 Å². The van der Waals surface area contributed by atoms with E-state index in [1.54, 1.807) is 0 Å². The van der Waals surface area contributed by atoms with Gasteiger partial charge in [0.2, 0.25) is 0 Å². The third-order valence-corrected chi connectivity index (χ3v) is 3.62. The van der Waals surface area contributed by atoms with E-state index in [1.807, 2.05) is 0 Å². The molecule has 0 bridgehead atoms. The predicted molar refractivity (Wildman–Crippen MR) is 69.0 cm³/mol. The molecule has 1 unspecified atom stereocenters. The Kier molecular flexibility index (Phi) is 6.80. The third-order valence-electron chi connectivity index (χ3n) is 3.62. The normalized spacial score (nSPS) is 20.1. The highest BCUT2D eigenvalue weighted by Gasteiger charge is 2.11. The summed E-state index contributed by atoms with van der Waals surface area (Å²) in [6, 6.07) is 0. The molecule has 15 heavy (non-hydrogen) atoms. The van der Waals surface area contributed by atoms with Crippen LogP contribution in [0.5, 0.6) is 0 Å². The molecule has 0 saturated heterocycles. The van der Waals surface area contributed by atoms with E-state index < -0.39 is 0 Å². The van der Waals surface area contributed by atoms with Crippen molar-refractivity contribution < 1.29 is 0 Å². The first-order valence-corrected chi connectivity index (χ1v) is 7.01. The number of unbranched alkanes of at least 4 members (excludes halogenated alkanes) is 3. The molecule has 1 aliphatic rings. The molecule has 88 valence electrons. The van der Waals surface area contributed by atoms with Crippen LogP contribution in [0.15, 0.2) is 12.2 Å². The van der Waals surface area contributed by atoms with Crippen molar-refractivity contribution in [1.29, 1.82) is 0 Å². The molecule has 1 rings (SSSR count). The Morgan fingerprint density at radius 1 is 1.13 bits per heavy atom. The van der Waals surface area contributed by atoms with E-state index in [0.29, 0.717) is 0 Å². The minimum absolute atomic E-state index is 0.808. The highest BCUT2D eigenvalue weighted by atomic mass is 14.2. The summed E-state index contributed by atoms with van der Waals surface area (Å²) in [5.41, 5.74) is 0. The molecule has 0 aromatic carbocycles. The van der Waals surface area contributed by atoms with Gasteiger partial charge in [0.05, 0.1) is 0 Å². The SMILES string of the molecule is CCCCCCC(C)/C=C/C1CCCC1. The molecule has 0 radical (unpaired) electrons. The Morgan fingerprint density at radius 3 is 2.53 bits per heavy atom. The average Bonchev–Trinajstić information content (AvgIpc) is 2.74. The topological polar surface area (TPSA) is 0 Å². The van der Waals surface area contributed by atoms with Crippen molar-refractivity contribution in [3.05, 3.63) is 12.2 Å². The van der Waals surface area contributed by atoms with Crippen LogP contribution >= 0.6 is 0 Å². The monoisotopic (exact) mass is 208 g/mol. The van der Waals surface area contributed by atoms with Crippen LogP contribution in [0.2, 0.25) is 0 Å². The van der Waals surface area contributed by atoms with E-state index in [0.717, 1.165) is 11.8 Å². The van der Waals surface area contributed by atoms with Crippen molar-refractivity contribution in [2.75, 3.05) is 0 Å². The number of rotatable bonds is 7. The zero-order valence-corrected chi connectivity index (χ0v) is 10.7. The van der Waals surface area contributed by atoms with Gasteiger partial charge in [-0.2, -0.15) is 0 Å². The molecule has 0 nitrogen and oxygen atoms in total. The lowest BCUT2D eigenvalue weighted by atomic mass is 9.99. The van der Waals surface area contributed by atoms with Gasteiger partial charge in [0.15, 0.2) is 0 Å². The van der Waals surface area contributed by atoms with Crippen LogP contribution in [0, 0.1) is 11.8 Å². The van der Waals surface area contributed by atoms with E-state index >= 15 is 0 Å². The molecule has 0 heterocycles. The van der Waals surface area contributed by atoms with E-state index in [9.17, 15) is 0 Å². The van der Waals surface area contributed by atoms with Crippen LogP contribution in [-0.2, 0) is 0 Å². The van der Waals surface area contributed by atoms with E-state index in [2.05, 4.69) is 26.0 Å². The largest absolute Gasteiger partial charge is 0.0854 e. The second-order valence-electron chi connectivity index (χ2n) is 5.26. The summed E-state index contributed by atoms with van der Waals surface area (Å²) in [6.45, 7) is 4.65. The first kappa shape index (κ1) is 12.8. The van der Waals surface area contributed by atoms with E-state index in [-0.39, 0.29) is 0 Å². The molecule has 0 aromatic rings. The molecule has 1 aliphatic carbocycles. The Balaban J connectivity index is 2.03. The summed E-state index contributed by atoms with van der Waals surface area (Å²) < 4.78 is 0. The molecule has 0 heteroatoms. The molecule has 0 aromatic heterocycles. The first-order valence-electron chi connectivity index (χ1n) is 7.01. The highest BCUT2D eigenvalue weighted by Crippen LogP contribution is 2.26. The van der Waals surface area contributed by atoms with E-state index in [1.165, 1.54) is 57.8 Å². The molecule has 0 amide bonds. The minimum Gasteiger partial charge on any atom is -0.0854 e. The van der Waals surface area contributed by atoms with Crippen LogP contribution in [0.4, 0.5) is 0 Å². The van der Waals surface area contributed by atoms with Gasteiger partial charge >= 0.3 is 0 Å². The molecular formula is C15H28. The van der Waals surface area contributed by atoms with Crippen molar-refractivity contribution >= 4 is 0 Å². The highest BCUT2D eigenvalue weighted by molar-refractivity contribution is 4.93. The quantitative estimate of drug-likeness (QED) is 0.391. The van der Waals surface area contributed by atoms with Gasteiger partial charge in [-0.1, -0.05) is 64.5 Å². The molecule has 0 aliphatic heterocycles. The van der Waals surface area contributed by atoms with Crippen molar-refractivity contribution in [3.63, 3.8) is 0 Å². The maximum atomic E-state index is 2.50. The summed E-state index contributed by atoms with van der Waals surface area (Å²) in [5.74, 6) is 1.73. The number of allylic oxidation sites excluding steroid dienone is 2. The fourth-order valence-corrected chi connectivity index (χ4v) is 2.49. The second kappa shape index (κ2) is 7.96. The lowest BCUT2D eigenvalue weighted by Crippen LogP contribution is -1.92. The van der Waals surface area contributed by atoms with Crippen LogP contribution in [-0.4, -0.2) is 0 Å². The van der Waals surface area contributed by atoms with Crippen molar-refractivity contribution in [2.24, 2.45) is 11.8 Å². The lowest BCUT2D eigenvalue weighted by Gasteiger charge is -2.07. The molecule has 0 spiro atoms. The summed E-state index contributed by atoms with van der Waals surface area (Å²) in [6.07, 6.45) is 17.8. The zero-order chi connectivity index (χ0) is 10.9. The Hall–Kier alpha value is -0.260. The Bertz CT molecular complexity index is 163. The maximum absolute atomic E-state index is 2.50. The van der Waals surface area contributed by atoms with Gasteiger partial charge in [0.1, 0.15) is 0 Å². The van der Waals surface area contributed by atoms with Gasteiger partial charge in [0.25, 0.3) is 0 Å². The smallest absolute Gasteiger partial charge is 0.0233 e. The fourth-order valence-electron chi connectivity index (χ4n) is 2.49. The van der Waals surface area contributed by atoms with Crippen molar-refractivity contribution in [1.82, 2.24) is 0 Å². The van der Waals surface area contributed by atoms with Crippen molar-refractivity contribution in [3.8, 4) is 0 Å². The number of hydrogen-bond donors (Lipinski definition) is 0. The minimum atomic E-state index is 0.808. The van der Waals surface area contributed by atoms with Gasteiger partial charge < -0.3 is 0 Å². The van der Waals surface area contributed by atoms with Crippen LogP contribution in [0.25, 0.3) is 0 Å². The molecule has 1 saturated carbocycles. The van der Waals surface area contributed by atoms with Crippen LogP contribution in [0.3, 0.4) is 0 Å². The summed E-state index contributed by atoms with van der Waals surface area (Å²) >= 11 is 0.